The van der Waals surface area contributed by atoms with Crippen molar-refractivity contribution >= 4 is 27.7 Å². The van der Waals surface area contributed by atoms with Gasteiger partial charge in [0, 0.05) is 21.7 Å². The van der Waals surface area contributed by atoms with Crippen molar-refractivity contribution in [2.24, 2.45) is 0 Å². The van der Waals surface area contributed by atoms with Crippen molar-refractivity contribution in [2.45, 2.75) is 10.9 Å². The first-order chi connectivity index (χ1) is 14.1. The molecule has 9 heteroatoms. The van der Waals surface area contributed by atoms with Gasteiger partial charge in [0.1, 0.15) is 5.75 Å². The Morgan fingerprint density at radius 1 is 1.10 bits per heavy atom. The highest BCUT2D eigenvalue weighted by atomic mass is 79.9. The van der Waals surface area contributed by atoms with Gasteiger partial charge in [-0.2, -0.15) is 4.98 Å². The molecule has 0 bridgehead atoms. The summed E-state index contributed by atoms with van der Waals surface area (Å²) in [7, 11) is 1.60. The molecule has 4 aromatic rings. The van der Waals surface area contributed by atoms with Crippen LogP contribution in [-0.4, -0.2) is 27.2 Å². The highest BCUT2D eigenvalue weighted by Crippen LogP contribution is 2.25. The van der Waals surface area contributed by atoms with E-state index in [4.69, 9.17) is 9.26 Å². The molecule has 2 aromatic carbocycles. The van der Waals surface area contributed by atoms with E-state index >= 15 is 0 Å². The zero-order valence-electron chi connectivity index (χ0n) is 15.3. The molecule has 0 saturated carbocycles. The molecular weight excluding hydrogens is 456 g/mol. The predicted octanol–water partition coefficient (Wildman–Crippen LogP) is 4.55. The number of aromatic nitrogens is 4. The summed E-state index contributed by atoms with van der Waals surface area (Å²) in [6.07, 6.45) is 0. The lowest BCUT2D eigenvalue weighted by molar-refractivity contribution is 0.391. The molecule has 0 atom stereocenters. The normalized spacial score (nSPS) is 10.8. The molecule has 0 aliphatic heterocycles. The second kappa shape index (κ2) is 8.62. The van der Waals surface area contributed by atoms with Gasteiger partial charge in [0.15, 0.2) is 5.16 Å². The minimum atomic E-state index is -0.235. The van der Waals surface area contributed by atoms with E-state index in [2.05, 4.69) is 36.0 Å². The van der Waals surface area contributed by atoms with E-state index in [0.29, 0.717) is 34.1 Å². The molecule has 0 amide bonds. The van der Waals surface area contributed by atoms with Gasteiger partial charge in [0.25, 0.3) is 5.56 Å². The standard InChI is InChI=1S/C20H15BrN4O3S/c1-27-15-4-2-3-13(9-15)16-10-17(26)23-20(22-16)29-11-18-24-19(25-28-18)12-5-7-14(21)8-6-12/h2-10H,11H2,1H3,(H,22,23,26). The first-order valence-electron chi connectivity index (χ1n) is 8.58. The Hall–Kier alpha value is -2.91. The Morgan fingerprint density at radius 2 is 1.93 bits per heavy atom. The second-order valence-electron chi connectivity index (χ2n) is 5.98. The van der Waals surface area contributed by atoms with Gasteiger partial charge in [0.2, 0.25) is 11.7 Å². The third kappa shape index (κ3) is 4.75. The van der Waals surface area contributed by atoms with Gasteiger partial charge in [-0.1, -0.05) is 45.0 Å². The maximum absolute atomic E-state index is 12.1. The Bertz CT molecular complexity index is 1190. The summed E-state index contributed by atoms with van der Waals surface area (Å²) in [6.45, 7) is 0. The number of H-pyrrole nitrogens is 1. The lowest BCUT2D eigenvalue weighted by Crippen LogP contribution is -2.08. The number of thioether (sulfide) groups is 1. The second-order valence-corrected chi connectivity index (χ2v) is 7.85. The molecule has 0 saturated heterocycles. The van der Waals surface area contributed by atoms with Gasteiger partial charge in [-0.3, -0.25) is 4.79 Å². The lowest BCUT2D eigenvalue weighted by atomic mass is 10.1. The van der Waals surface area contributed by atoms with Gasteiger partial charge in [-0.25, -0.2) is 4.98 Å². The number of halogens is 1. The SMILES string of the molecule is COc1cccc(-c2cc(=O)[nH]c(SCc3nc(-c4ccc(Br)cc4)no3)n2)c1. The molecule has 4 rings (SSSR count). The molecule has 7 nitrogen and oxygen atoms in total. The Labute approximate surface area is 178 Å². The Balaban J connectivity index is 1.51. The number of hydrogen-bond donors (Lipinski definition) is 1. The molecule has 0 unspecified atom stereocenters. The summed E-state index contributed by atoms with van der Waals surface area (Å²) in [5.74, 6) is 2.04. The molecule has 2 heterocycles. The molecule has 146 valence electrons. The van der Waals surface area contributed by atoms with Crippen LogP contribution in [0.1, 0.15) is 5.89 Å². The van der Waals surface area contributed by atoms with E-state index in [-0.39, 0.29) is 5.56 Å². The van der Waals surface area contributed by atoms with Crippen molar-refractivity contribution in [3.05, 3.63) is 75.3 Å². The molecule has 0 spiro atoms. The topological polar surface area (TPSA) is 93.9 Å². The number of aromatic amines is 1. The number of benzene rings is 2. The Morgan fingerprint density at radius 3 is 2.72 bits per heavy atom. The maximum atomic E-state index is 12.1. The molecule has 0 fully saturated rings. The fourth-order valence-electron chi connectivity index (χ4n) is 2.59. The fraction of sp³-hybridized carbons (Fsp3) is 0.100. The first-order valence-corrected chi connectivity index (χ1v) is 10.4. The summed E-state index contributed by atoms with van der Waals surface area (Å²) >= 11 is 4.72. The number of nitrogens with one attached hydrogen (secondary N) is 1. The fourth-order valence-corrected chi connectivity index (χ4v) is 3.57. The summed E-state index contributed by atoms with van der Waals surface area (Å²) < 4.78 is 11.5. The van der Waals surface area contributed by atoms with E-state index in [1.54, 1.807) is 7.11 Å². The van der Waals surface area contributed by atoms with Crippen molar-refractivity contribution in [3.8, 4) is 28.4 Å². The lowest BCUT2D eigenvalue weighted by Gasteiger charge is -2.05. The minimum Gasteiger partial charge on any atom is -0.497 e. The molecule has 1 N–H and O–H groups in total. The van der Waals surface area contributed by atoms with E-state index in [9.17, 15) is 4.79 Å². The van der Waals surface area contributed by atoms with E-state index in [0.717, 1.165) is 15.6 Å². The van der Waals surface area contributed by atoms with Gasteiger partial charge >= 0.3 is 0 Å². The molecule has 2 aromatic heterocycles. The van der Waals surface area contributed by atoms with Crippen molar-refractivity contribution in [1.82, 2.24) is 20.1 Å². The Kier molecular flexibility index (Phi) is 5.77. The van der Waals surface area contributed by atoms with Gasteiger partial charge in [-0.15, -0.1) is 0 Å². The van der Waals surface area contributed by atoms with Crippen LogP contribution in [-0.2, 0) is 5.75 Å². The van der Waals surface area contributed by atoms with E-state index in [1.807, 2.05) is 48.5 Å². The molecule has 0 aliphatic rings. The minimum absolute atomic E-state index is 0.235. The summed E-state index contributed by atoms with van der Waals surface area (Å²) in [4.78, 5) is 23.7. The molecule has 0 radical (unpaired) electrons. The molecule has 0 aliphatic carbocycles. The summed E-state index contributed by atoms with van der Waals surface area (Å²) in [5, 5.41) is 4.48. The summed E-state index contributed by atoms with van der Waals surface area (Å²) in [5.41, 5.74) is 1.99. The van der Waals surface area contributed by atoms with Crippen LogP contribution in [0.2, 0.25) is 0 Å². The van der Waals surface area contributed by atoms with E-state index in [1.165, 1.54) is 17.8 Å². The third-order valence-electron chi connectivity index (χ3n) is 3.99. The third-order valence-corrected chi connectivity index (χ3v) is 5.38. The van der Waals surface area contributed by atoms with Crippen molar-refractivity contribution in [3.63, 3.8) is 0 Å². The number of rotatable bonds is 6. The average molecular weight is 471 g/mol. The number of ether oxygens (including phenoxy) is 1. The smallest absolute Gasteiger partial charge is 0.252 e. The number of nitrogens with zero attached hydrogens (tertiary/aromatic N) is 3. The highest BCUT2D eigenvalue weighted by molar-refractivity contribution is 9.10. The van der Waals surface area contributed by atoms with Crippen LogP contribution in [0.4, 0.5) is 0 Å². The van der Waals surface area contributed by atoms with Crippen LogP contribution in [0, 0.1) is 0 Å². The largest absolute Gasteiger partial charge is 0.497 e. The van der Waals surface area contributed by atoms with Crippen molar-refractivity contribution in [1.29, 1.82) is 0 Å². The zero-order valence-corrected chi connectivity index (χ0v) is 17.7. The van der Waals surface area contributed by atoms with Crippen LogP contribution in [0.25, 0.3) is 22.6 Å². The van der Waals surface area contributed by atoms with Gasteiger partial charge < -0.3 is 14.2 Å². The molecular formula is C20H15BrN4O3S. The quantitative estimate of drug-likeness (QED) is 0.326. The number of hydrogen-bond acceptors (Lipinski definition) is 7. The zero-order chi connectivity index (χ0) is 20.2. The van der Waals surface area contributed by atoms with E-state index < -0.39 is 0 Å². The van der Waals surface area contributed by atoms with Gasteiger partial charge in [-0.05, 0) is 36.4 Å². The molecule has 29 heavy (non-hydrogen) atoms. The van der Waals surface area contributed by atoms with Gasteiger partial charge in [0.05, 0.1) is 18.6 Å². The van der Waals surface area contributed by atoms with Crippen molar-refractivity contribution in [2.75, 3.05) is 7.11 Å². The van der Waals surface area contributed by atoms with Crippen LogP contribution < -0.4 is 10.3 Å². The van der Waals surface area contributed by atoms with Crippen LogP contribution in [0.3, 0.4) is 0 Å². The first kappa shape index (κ1) is 19.4. The highest BCUT2D eigenvalue weighted by Gasteiger charge is 2.11. The van der Waals surface area contributed by atoms with Crippen LogP contribution in [0.5, 0.6) is 5.75 Å². The maximum Gasteiger partial charge on any atom is 0.252 e. The number of methoxy groups -OCH3 is 1. The monoisotopic (exact) mass is 470 g/mol. The summed E-state index contributed by atoms with van der Waals surface area (Å²) in [6, 6.07) is 16.5. The van der Waals surface area contributed by atoms with Crippen LogP contribution >= 0.6 is 27.7 Å². The predicted molar refractivity (Wildman–Crippen MR) is 114 cm³/mol. The van der Waals surface area contributed by atoms with Crippen LogP contribution in [0.15, 0.2) is 73.5 Å². The average Bonchev–Trinajstić information content (AvgIpc) is 3.21. The van der Waals surface area contributed by atoms with Crippen molar-refractivity contribution < 1.29 is 9.26 Å².